The lowest BCUT2D eigenvalue weighted by Gasteiger charge is -2.38. The smallest absolute Gasteiger partial charge is 0.262 e. The number of anilines is 2. The molecule has 1 atom stereocenters. The topological polar surface area (TPSA) is 146 Å². The predicted octanol–water partition coefficient (Wildman–Crippen LogP) is 5.41. The summed E-state index contributed by atoms with van der Waals surface area (Å²) in [6.07, 6.45) is 6.06. The molecule has 5 amide bonds. The van der Waals surface area contributed by atoms with Gasteiger partial charge in [-0.15, -0.1) is 0 Å². The molecule has 0 aromatic heterocycles. The summed E-state index contributed by atoms with van der Waals surface area (Å²) in [5, 5.41) is 15.2. The molecule has 13 heteroatoms. The van der Waals surface area contributed by atoms with Crippen molar-refractivity contribution in [3.63, 3.8) is 0 Å². The van der Waals surface area contributed by atoms with Gasteiger partial charge in [-0.3, -0.25) is 39.1 Å². The van der Waals surface area contributed by atoms with Gasteiger partial charge in [0.15, 0.2) is 0 Å². The van der Waals surface area contributed by atoms with Crippen LogP contribution in [-0.4, -0.2) is 83.6 Å². The van der Waals surface area contributed by atoms with Crippen molar-refractivity contribution in [2.24, 2.45) is 5.92 Å². The van der Waals surface area contributed by atoms with Crippen LogP contribution in [0.2, 0.25) is 5.02 Å². The number of nitrogens with one attached hydrogen (secondary N) is 2. The van der Waals surface area contributed by atoms with E-state index in [9.17, 15) is 29.2 Å². The fourth-order valence-electron chi connectivity index (χ4n) is 9.36. The van der Waals surface area contributed by atoms with Crippen molar-refractivity contribution < 1.29 is 24.0 Å². The number of halogens is 1. The molecule has 8 rings (SSSR count). The molecule has 0 radical (unpaired) electrons. The minimum absolute atomic E-state index is 0.0397. The predicted molar refractivity (Wildman–Crippen MR) is 211 cm³/mol. The highest BCUT2D eigenvalue weighted by atomic mass is 35.5. The summed E-state index contributed by atoms with van der Waals surface area (Å²) < 4.78 is 0. The highest BCUT2D eigenvalue weighted by Crippen LogP contribution is 2.35. The zero-order valence-electron chi connectivity index (χ0n) is 31.6. The summed E-state index contributed by atoms with van der Waals surface area (Å²) in [6, 6.07) is 18.9. The fraction of sp³-hybridized carbons (Fsp3) is 0.442. The highest BCUT2D eigenvalue weighted by molar-refractivity contribution is 6.32. The summed E-state index contributed by atoms with van der Waals surface area (Å²) in [5.41, 5.74) is 6.05. The number of amides is 5. The van der Waals surface area contributed by atoms with E-state index in [0.717, 1.165) is 92.1 Å². The molecule has 2 saturated heterocycles. The van der Waals surface area contributed by atoms with E-state index in [2.05, 4.69) is 38.3 Å². The van der Waals surface area contributed by atoms with Crippen LogP contribution in [0.3, 0.4) is 0 Å². The number of piperidine rings is 2. The number of carbonyl (C=O) groups excluding carboxylic acids is 5. The number of rotatable bonds is 9. The lowest BCUT2D eigenvalue weighted by atomic mass is 9.89. The van der Waals surface area contributed by atoms with Crippen molar-refractivity contribution in [3.05, 3.63) is 93.0 Å². The molecule has 3 fully saturated rings. The van der Waals surface area contributed by atoms with Crippen LogP contribution in [0, 0.1) is 17.2 Å². The molecule has 4 aliphatic heterocycles. The Bertz CT molecular complexity index is 2070. The standard InChI is InChI=1S/C43H46ClN7O5/c1-2-50(34-10-5-28(22-45)37(44)21-34)33-11-6-31(7-12-33)46-40(53)27-3-8-32(9-4-27)49-17-15-26(16-18-49)23-48-24-29-19-35-36(20-30(29)25-48)43(56)51(42(35)55)38-13-14-39(52)47-41(38)54/h3-5,8-10,19-21,26,31,33,38H,2,6-7,11-18,23-25H2,1H3,(H,46,53)(H,47,52,54)/t31-,33-,38?. The third kappa shape index (κ3) is 7.38. The number of nitrogens with zero attached hydrogens (tertiary/aromatic N) is 5. The Morgan fingerprint density at radius 1 is 0.893 bits per heavy atom. The van der Waals surface area contributed by atoms with Crippen molar-refractivity contribution in [2.45, 2.75) is 89.5 Å². The van der Waals surface area contributed by atoms with E-state index in [4.69, 9.17) is 11.6 Å². The minimum Gasteiger partial charge on any atom is -0.372 e. The Morgan fingerprint density at radius 3 is 2.14 bits per heavy atom. The largest absolute Gasteiger partial charge is 0.372 e. The number of hydrogen-bond donors (Lipinski definition) is 2. The van der Waals surface area contributed by atoms with Crippen molar-refractivity contribution >= 4 is 52.5 Å². The first-order valence-electron chi connectivity index (χ1n) is 19.8. The average molecular weight is 776 g/mol. The van der Waals surface area contributed by atoms with Gasteiger partial charge in [-0.05, 0) is 124 Å². The van der Waals surface area contributed by atoms with Gasteiger partial charge in [0.05, 0.1) is 21.7 Å². The molecule has 0 bridgehead atoms. The van der Waals surface area contributed by atoms with E-state index >= 15 is 0 Å². The zero-order chi connectivity index (χ0) is 39.1. The summed E-state index contributed by atoms with van der Waals surface area (Å²) in [6.45, 7) is 7.17. The van der Waals surface area contributed by atoms with Crippen molar-refractivity contribution in [2.75, 3.05) is 36.0 Å². The number of carbonyl (C=O) groups is 5. The lowest BCUT2D eigenvalue weighted by molar-refractivity contribution is -0.136. The summed E-state index contributed by atoms with van der Waals surface area (Å²) in [7, 11) is 0. The minimum atomic E-state index is -0.960. The lowest BCUT2D eigenvalue weighted by Crippen LogP contribution is -2.54. The maximum atomic E-state index is 13.3. The SMILES string of the molecule is CCN(c1ccc(C#N)c(Cl)c1)[C@H]1CC[C@H](NC(=O)c2ccc(N3CCC(CN4Cc5cc6c(cc5C4)C(=O)N(C4CCC(=O)NC4=O)C6=O)CC3)cc2)CC1. The molecular weight excluding hydrogens is 730 g/mol. The Labute approximate surface area is 331 Å². The van der Waals surface area contributed by atoms with Crippen molar-refractivity contribution in [3.8, 4) is 6.07 Å². The molecule has 3 aromatic rings. The van der Waals surface area contributed by atoms with Crippen molar-refractivity contribution in [1.82, 2.24) is 20.4 Å². The molecule has 12 nitrogen and oxygen atoms in total. The number of imide groups is 2. The monoisotopic (exact) mass is 775 g/mol. The third-order valence-corrected chi connectivity index (χ3v) is 12.7. The number of nitriles is 1. The zero-order valence-corrected chi connectivity index (χ0v) is 32.3. The average Bonchev–Trinajstić information content (AvgIpc) is 3.70. The molecule has 5 aliphatic rings. The Kier molecular flexibility index (Phi) is 10.6. The van der Waals surface area contributed by atoms with Gasteiger partial charge in [-0.2, -0.15) is 5.26 Å². The van der Waals surface area contributed by atoms with Crippen LogP contribution in [0.4, 0.5) is 11.4 Å². The second-order valence-corrected chi connectivity index (χ2v) is 16.2. The van der Waals surface area contributed by atoms with E-state index in [-0.39, 0.29) is 30.7 Å². The Hall–Kier alpha value is -5.25. The molecule has 2 N–H and O–H groups in total. The van der Waals surface area contributed by atoms with Gasteiger partial charge in [0.25, 0.3) is 17.7 Å². The van der Waals surface area contributed by atoms with Gasteiger partial charge in [0, 0.05) is 74.7 Å². The maximum absolute atomic E-state index is 13.3. The number of hydrogen-bond acceptors (Lipinski definition) is 9. The van der Waals surface area contributed by atoms with Crippen LogP contribution in [0.25, 0.3) is 0 Å². The van der Waals surface area contributed by atoms with E-state index in [1.165, 1.54) is 0 Å². The molecular formula is C43H46ClN7O5. The molecule has 1 saturated carbocycles. The maximum Gasteiger partial charge on any atom is 0.262 e. The highest BCUT2D eigenvalue weighted by Gasteiger charge is 2.45. The first-order chi connectivity index (χ1) is 27.1. The molecule has 4 heterocycles. The van der Waals surface area contributed by atoms with Crippen LogP contribution in [0.1, 0.15) is 106 Å². The third-order valence-electron chi connectivity index (χ3n) is 12.4. The van der Waals surface area contributed by atoms with Crippen LogP contribution in [0.5, 0.6) is 0 Å². The Morgan fingerprint density at radius 2 is 1.55 bits per heavy atom. The van der Waals surface area contributed by atoms with Gasteiger partial charge >= 0.3 is 0 Å². The van der Waals surface area contributed by atoms with Gasteiger partial charge < -0.3 is 15.1 Å². The summed E-state index contributed by atoms with van der Waals surface area (Å²) in [4.78, 5) is 72.0. The van der Waals surface area contributed by atoms with E-state index < -0.39 is 23.8 Å². The van der Waals surface area contributed by atoms with Gasteiger partial charge in [-0.1, -0.05) is 11.6 Å². The second kappa shape index (κ2) is 15.7. The van der Waals surface area contributed by atoms with Gasteiger partial charge in [0.1, 0.15) is 12.1 Å². The molecule has 1 aliphatic carbocycles. The van der Waals surface area contributed by atoms with E-state index in [0.29, 0.717) is 52.3 Å². The number of benzene rings is 3. The molecule has 3 aromatic carbocycles. The van der Waals surface area contributed by atoms with Crippen LogP contribution < -0.4 is 20.4 Å². The molecule has 1 unspecified atom stereocenters. The molecule has 56 heavy (non-hydrogen) atoms. The van der Waals surface area contributed by atoms with Crippen LogP contribution in [0.15, 0.2) is 54.6 Å². The number of fused-ring (bicyclic) bond motifs is 2. The van der Waals surface area contributed by atoms with Crippen molar-refractivity contribution in [1.29, 1.82) is 5.26 Å². The quantitative estimate of drug-likeness (QED) is 0.273. The second-order valence-electron chi connectivity index (χ2n) is 15.8. The van der Waals surface area contributed by atoms with Gasteiger partial charge in [0.2, 0.25) is 11.8 Å². The Balaban J connectivity index is 0.787. The van der Waals surface area contributed by atoms with Crippen LogP contribution >= 0.6 is 11.6 Å². The first kappa shape index (κ1) is 37.7. The summed E-state index contributed by atoms with van der Waals surface area (Å²) in [5.74, 6) is -1.44. The molecule has 0 spiro atoms. The summed E-state index contributed by atoms with van der Waals surface area (Å²) >= 11 is 6.32. The fourth-order valence-corrected chi connectivity index (χ4v) is 9.57. The van der Waals surface area contributed by atoms with Crippen LogP contribution in [-0.2, 0) is 22.7 Å². The van der Waals surface area contributed by atoms with Gasteiger partial charge in [-0.25, -0.2) is 0 Å². The normalized spacial score (nSPS) is 22.8. The van der Waals surface area contributed by atoms with E-state index in [1.807, 2.05) is 48.5 Å². The molecule has 290 valence electrons. The van der Waals surface area contributed by atoms with E-state index in [1.54, 1.807) is 6.07 Å². The first-order valence-corrected chi connectivity index (χ1v) is 20.2.